The first-order valence-electron chi connectivity index (χ1n) is 9.20. The van der Waals surface area contributed by atoms with Gasteiger partial charge in [0.25, 0.3) is 0 Å². The number of aromatic nitrogens is 5. The molecule has 1 aromatic carbocycles. The van der Waals surface area contributed by atoms with Crippen LogP contribution in [0.5, 0.6) is 11.5 Å². The number of anilines is 1. The van der Waals surface area contributed by atoms with Gasteiger partial charge in [0.15, 0.2) is 22.5 Å². The molecule has 0 atom stereocenters. The van der Waals surface area contributed by atoms with Gasteiger partial charge in [-0.1, -0.05) is 11.8 Å². The first-order chi connectivity index (χ1) is 14.1. The van der Waals surface area contributed by atoms with Crippen molar-refractivity contribution in [2.45, 2.75) is 32.1 Å². The van der Waals surface area contributed by atoms with Gasteiger partial charge in [-0.25, -0.2) is 0 Å². The first kappa shape index (κ1) is 20.7. The normalized spacial score (nSPS) is 10.8. The second-order valence-electron chi connectivity index (χ2n) is 6.04. The second-order valence-corrected chi connectivity index (χ2v) is 6.98. The topological polar surface area (TPSA) is 96.1 Å². The Morgan fingerprint density at radius 1 is 1.14 bits per heavy atom. The van der Waals surface area contributed by atoms with Crippen LogP contribution in [0.15, 0.2) is 35.7 Å². The van der Waals surface area contributed by atoms with E-state index in [9.17, 15) is 4.79 Å². The quantitative estimate of drug-likeness (QED) is 0.536. The Bertz CT molecular complexity index is 984. The number of aryl methyl sites for hydroxylation is 1. The molecule has 0 fully saturated rings. The van der Waals surface area contributed by atoms with Gasteiger partial charge in [0.1, 0.15) is 0 Å². The second kappa shape index (κ2) is 9.46. The maximum Gasteiger partial charge on any atom is 0.234 e. The molecule has 0 spiro atoms. The average Bonchev–Trinajstić information content (AvgIpc) is 3.38. The van der Waals surface area contributed by atoms with Crippen molar-refractivity contribution in [3.63, 3.8) is 0 Å². The van der Waals surface area contributed by atoms with Crippen LogP contribution in [0.1, 0.15) is 13.8 Å². The van der Waals surface area contributed by atoms with E-state index in [1.165, 1.54) is 11.8 Å². The number of nitrogens with zero attached hydrogens (tertiary/aromatic N) is 5. The molecule has 2 aromatic heterocycles. The number of rotatable bonds is 9. The number of hydrogen-bond acceptors (Lipinski definition) is 7. The summed E-state index contributed by atoms with van der Waals surface area (Å²) < 4.78 is 14.3. The van der Waals surface area contributed by atoms with Crippen molar-refractivity contribution in [1.29, 1.82) is 0 Å². The third-order valence-corrected chi connectivity index (χ3v) is 5.21. The molecule has 3 rings (SSSR count). The van der Waals surface area contributed by atoms with Crippen molar-refractivity contribution >= 4 is 23.4 Å². The zero-order valence-electron chi connectivity index (χ0n) is 16.9. The maximum absolute atomic E-state index is 12.4. The predicted molar refractivity (Wildman–Crippen MR) is 111 cm³/mol. The van der Waals surface area contributed by atoms with Crippen LogP contribution in [0.3, 0.4) is 0 Å². The van der Waals surface area contributed by atoms with Crippen molar-refractivity contribution in [2.24, 2.45) is 0 Å². The van der Waals surface area contributed by atoms with E-state index in [2.05, 4.69) is 20.6 Å². The number of nitrogens with one attached hydrogen (secondary N) is 1. The van der Waals surface area contributed by atoms with Crippen LogP contribution in [-0.4, -0.2) is 50.4 Å². The van der Waals surface area contributed by atoms with E-state index >= 15 is 0 Å². The van der Waals surface area contributed by atoms with E-state index in [-0.39, 0.29) is 11.7 Å². The highest BCUT2D eigenvalue weighted by Crippen LogP contribution is 2.30. The largest absolute Gasteiger partial charge is 0.493 e. The number of thioether (sulfide) groups is 1. The standard InChI is InChI=1S/C19H24N6O3S/c1-5-24-11-13(10-20-24)18-22-23-19(25(18)6-2)29-12-17(26)21-14-7-8-15(27-3)16(9-14)28-4/h7-11H,5-6,12H2,1-4H3,(H,21,26). The molecule has 0 saturated heterocycles. The lowest BCUT2D eigenvalue weighted by atomic mass is 10.2. The van der Waals surface area contributed by atoms with Crippen LogP contribution < -0.4 is 14.8 Å². The number of hydrogen-bond donors (Lipinski definition) is 1. The number of carbonyl (C=O) groups is 1. The summed E-state index contributed by atoms with van der Waals surface area (Å²) in [6.07, 6.45) is 3.71. The van der Waals surface area contributed by atoms with Gasteiger partial charge in [-0.2, -0.15) is 5.10 Å². The monoisotopic (exact) mass is 416 g/mol. The first-order valence-corrected chi connectivity index (χ1v) is 10.2. The zero-order valence-corrected chi connectivity index (χ0v) is 17.7. The molecule has 1 amide bonds. The van der Waals surface area contributed by atoms with Crippen molar-refractivity contribution in [1.82, 2.24) is 24.5 Å². The molecule has 9 nitrogen and oxygen atoms in total. The Balaban J connectivity index is 1.66. The van der Waals surface area contributed by atoms with Crippen molar-refractivity contribution < 1.29 is 14.3 Å². The Kier molecular flexibility index (Phi) is 6.76. The maximum atomic E-state index is 12.4. The van der Waals surface area contributed by atoms with Gasteiger partial charge in [0.05, 0.1) is 31.7 Å². The fourth-order valence-corrected chi connectivity index (χ4v) is 3.59. The van der Waals surface area contributed by atoms with Crippen molar-refractivity contribution in [2.75, 3.05) is 25.3 Å². The fraction of sp³-hybridized carbons (Fsp3) is 0.368. The van der Waals surface area contributed by atoms with Crippen LogP contribution in [0.4, 0.5) is 5.69 Å². The molecule has 154 valence electrons. The SMILES string of the molecule is CCn1cc(-c2nnc(SCC(=O)Nc3ccc(OC)c(OC)c3)n2CC)cn1. The lowest BCUT2D eigenvalue weighted by Gasteiger charge is -2.10. The van der Waals surface area contributed by atoms with Gasteiger partial charge in [-0.15, -0.1) is 10.2 Å². The molecule has 0 unspecified atom stereocenters. The third kappa shape index (κ3) is 4.70. The van der Waals surface area contributed by atoms with E-state index in [4.69, 9.17) is 9.47 Å². The summed E-state index contributed by atoms with van der Waals surface area (Å²) in [7, 11) is 3.12. The molecular formula is C19H24N6O3S. The van der Waals surface area contributed by atoms with Crippen molar-refractivity contribution in [3.05, 3.63) is 30.6 Å². The molecule has 0 bridgehead atoms. The van der Waals surface area contributed by atoms with Gasteiger partial charge in [0.2, 0.25) is 5.91 Å². The van der Waals surface area contributed by atoms with Crippen LogP contribution in [0.2, 0.25) is 0 Å². The third-order valence-electron chi connectivity index (χ3n) is 4.25. The smallest absolute Gasteiger partial charge is 0.234 e. The lowest BCUT2D eigenvalue weighted by molar-refractivity contribution is -0.113. The Morgan fingerprint density at radius 3 is 2.59 bits per heavy atom. The summed E-state index contributed by atoms with van der Waals surface area (Å²) in [6.45, 7) is 5.53. The Hall–Kier alpha value is -3.01. The molecule has 0 aliphatic rings. The van der Waals surface area contributed by atoms with Gasteiger partial charge in [-0.05, 0) is 26.0 Å². The minimum Gasteiger partial charge on any atom is -0.493 e. The molecule has 0 aliphatic heterocycles. The highest BCUT2D eigenvalue weighted by molar-refractivity contribution is 7.99. The molecule has 29 heavy (non-hydrogen) atoms. The fourth-order valence-electron chi connectivity index (χ4n) is 2.79. The molecule has 0 saturated carbocycles. The van der Waals surface area contributed by atoms with Gasteiger partial charge in [0, 0.05) is 31.0 Å². The minimum atomic E-state index is -0.145. The Morgan fingerprint density at radius 2 is 1.93 bits per heavy atom. The van der Waals surface area contributed by atoms with Gasteiger partial charge in [-0.3, -0.25) is 9.48 Å². The van der Waals surface area contributed by atoms with E-state index in [0.29, 0.717) is 28.9 Å². The number of ether oxygens (including phenoxy) is 2. The van der Waals surface area contributed by atoms with E-state index in [0.717, 1.165) is 17.9 Å². The van der Waals surface area contributed by atoms with Crippen molar-refractivity contribution in [3.8, 4) is 22.9 Å². The summed E-state index contributed by atoms with van der Waals surface area (Å²) >= 11 is 1.34. The van der Waals surface area contributed by atoms with E-state index < -0.39 is 0 Å². The number of amides is 1. The summed E-state index contributed by atoms with van der Waals surface area (Å²) in [5.74, 6) is 1.97. The average molecular weight is 417 g/mol. The number of benzene rings is 1. The van der Waals surface area contributed by atoms with E-state index in [1.807, 2.05) is 29.3 Å². The van der Waals surface area contributed by atoms with Crippen LogP contribution in [0.25, 0.3) is 11.4 Å². The number of carbonyl (C=O) groups excluding carboxylic acids is 1. The van der Waals surface area contributed by atoms with Crippen LogP contribution in [0, 0.1) is 0 Å². The molecule has 2 heterocycles. The molecule has 0 aliphatic carbocycles. The molecule has 0 radical (unpaired) electrons. The summed E-state index contributed by atoms with van der Waals surface area (Å²) in [5, 5.41) is 16.4. The van der Waals surface area contributed by atoms with E-state index in [1.54, 1.807) is 38.6 Å². The number of methoxy groups -OCH3 is 2. The Labute approximate surface area is 173 Å². The summed E-state index contributed by atoms with van der Waals surface area (Å²) in [6, 6.07) is 5.24. The molecule has 1 N–H and O–H groups in total. The highest BCUT2D eigenvalue weighted by atomic mass is 32.2. The van der Waals surface area contributed by atoms with Gasteiger partial charge >= 0.3 is 0 Å². The highest BCUT2D eigenvalue weighted by Gasteiger charge is 2.16. The predicted octanol–water partition coefficient (Wildman–Crippen LogP) is 2.93. The minimum absolute atomic E-state index is 0.145. The molecule has 10 heteroatoms. The molecule has 3 aromatic rings. The zero-order chi connectivity index (χ0) is 20.8. The van der Waals surface area contributed by atoms with Gasteiger partial charge < -0.3 is 19.4 Å². The van der Waals surface area contributed by atoms with Crippen LogP contribution in [-0.2, 0) is 17.9 Å². The van der Waals surface area contributed by atoms with Crippen LogP contribution >= 0.6 is 11.8 Å². The lowest BCUT2D eigenvalue weighted by Crippen LogP contribution is -2.14. The summed E-state index contributed by atoms with van der Waals surface area (Å²) in [5.41, 5.74) is 1.54. The molecular weight excluding hydrogens is 392 g/mol. The summed E-state index contributed by atoms with van der Waals surface area (Å²) in [4.78, 5) is 12.4.